The molecule has 0 saturated carbocycles. The van der Waals surface area contributed by atoms with Crippen molar-refractivity contribution in [2.75, 3.05) is 32.8 Å². The molecule has 2 rings (SSSR count). The van der Waals surface area contributed by atoms with Gasteiger partial charge in [0.15, 0.2) is 0 Å². The summed E-state index contributed by atoms with van der Waals surface area (Å²) in [5, 5.41) is 12.6. The molecule has 5 heteroatoms. The maximum absolute atomic E-state index is 13.2. The number of hydrogen-bond donors (Lipinski definition) is 2. The fourth-order valence-corrected chi connectivity index (χ4v) is 2.58. The lowest BCUT2D eigenvalue weighted by Crippen LogP contribution is -2.45. The van der Waals surface area contributed by atoms with Crippen molar-refractivity contribution in [3.8, 4) is 0 Å². The van der Waals surface area contributed by atoms with Gasteiger partial charge in [-0.25, -0.2) is 4.39 Å². The molecule has 0 spiro atoms. The fraction of sp³-hybridized carbons (Fsp3) is 0.538. The first kappa shape index (κ1) is 13.7. The normalized spacial score (nSPS) is 18.8. The van der Waals surface area contributed by atoms with E-state index in [-0.39, 0.29) is 17.7 Å². The van der Waals surface area contributed by atoms with Gasteiger partial charge in [0.25, 0.3) is 0 Å². The molecule has 3 nitrogen and oxygen atoms in total. The average molecular weight is 273 g/mol. The van der Waals surface area contributed by atoms with Gasteiger partial charge < -0.3 is 10.4 Å². The zero-order valence-electron chi connectivity index (χ0n) is 10.2. The van der Waals surface area contributed by atoms with E-state index >= 15 is 0 Å². The number of rotatable bonds is 4. The van der Waals surface area contributed by atoms with E-state index in [4.69, 9.17) is 11.6 Å². The van der Waals surface area contributed by atoms with Crippen molar-refractivity contribution in [1.82, 2.24) is 10.2 Å². The second-order valence-corrected chi connectivity index (χ2v) is 4.89. The van der Waals surface area contributed by atoms with Gasteiger partial charge >= 0.3 is 0 Å². The number of benzene rings is 1. The van der Waals surface area contributed by atoms with Gasteiger partial charge in [0.2, 0.25) is 0 Å². The molecule has 0 aromatic heterocycles. The minimum atomic E-state index is -0.400. The molecule has 1 aromatic rings. The monoisotopic (exact) mass is 272 g/mol. The molecule has 1 heterocycles. The summed E-state index contributed by atoms with van der Waals surface area (Å²) in [7, 11) is 0. The standard InChI is InChI=1S/C13H18ClFN2O/c14-11-9-10(1-2-12(11)15)13(3-8-18)17-6-4-16-5-7-17/h1-2,9,13,16,18H,3-8H2/t13-/m0/s1. The first-order valence-electron chi connectivity index (χ1n) is 6.23. The van der Waals surface area contributed by atoms with Crippen LogP contribution in [-0.4, -0.2) is 42.8 Å². The molecule has 1 aromatic carbocycles. The van der Waals surface area contributed by atoms with E-state index in [1.807, 2.05) is 0 Å². The quantitative estimate of drug-likeness (QED) is 0.878. The Morgan fingerprint density at radius 3 is 2.72 bits per heavy atom. The summed E-state index contributed by atoms with van der Waals surface area (Å²) in [6.45, 7) is 3.86. The molecule has 0 unspecified atom stereocenters. The van der Waals surface area contributed by atoms with Crippen molar-refractivity contribution in [3.63, 3.8) is 0 Å². The molecule has 0 radical (unpaired) electrons. The van der Waals surface area contributed by atoms with Gasteiger partial charge in [-0.3, -0.25) is 4.90 Å². The predicted octanol–water partition coefficient (Wildman–Crippen LogP) is 1.81. The molecule has 1 atom stereocenters. The average Bonchev–Trinajstić information content (AvgIpc) is 2.40. The van der Waals surface area contributed by atoms with Crippen LogP contribution in [0, 0.1) is 5.82 Å². The SMILES string of the molecule is OCC[C@@H](c1ccc(F)c(Cl)c1)N1CCNCC1. The van der Waals surface area contributed by atoms with Gasteiger partial charge in [0.05, 0.1) is 5.02 Å². The van der Waals surface area contributed by atoms with E-state index in [0.29, 0.717) is 6.42 Å². The highest BCUT2D eigenvalue weighted by Crippen LogP contribution is 2.27. The number of hydrogen-bond acceptors (Lipinski definition) is 3. The first-order valence-corrected chi connectivity index (χ1v) is 6.60. The number of nitrogens with zero attached hydrogens (tertiary/aromatic N) is 1. The third-order valence-corrected chi connectivity index (χ3v) is 3.61. The molecule has 18 heavy (non-hydrogen) atoms. The number of halogens is 2. The summed E-state index contributed by atoms with van der Waals surface area (Å²) in [5.41, 5.74) is 0.970. The Kier molecular flexibility index (Phi) is 4.95. The van der Waals surface area contributed by atoms with Gasteiger partial charge in [-0.2, -0.15) is 0 Å². The molecule has 1 aliphatic heterocycles. The summed E-state index contributed by atoms with van der Waals surface area (Å²) in [5.74, 6) is -0.400. The lowest BCUT2D eigenvalue weighted by molar-refractivity contribution is 0.141. The molecule has 0 bridgehead atoms. The summed E-state index contributed by atoms with van der Waals surface area (Å²) in [6.07, 6.45) is 0.641. The predicted molar refractivity (Wildman–Crippen MR) is 70.3 cm³/mol. The van der Waals surface area contributed by atoms with Crippen LogP contribution >= 0.6 is 11.6 Å². The maximum Gasteiger partial charge on any atom is 0.141 e. The lowest BCUT2D eigenvalue weighted by Gasteiger charge is -2.35. The Labute approximate surface area is 112 Å². The van der Waals surface area contributed by atoms with Crippen molar-refractivity contribution in [1.29, 1.82) is 0 Å². The molecule has 0 aliphatic carbocycles. The number of nitrogens with one attached hydrogen (secondary N) is 1. The smallest absolute Gasteiger partial charge is 0.141 e. The molecule has 1 aliphatic rings. The zero-order valence-corrected chi connectivity index (χ0v) is 11.0. The maximum atomic E-state index is 13.2. The van der Waals surface area contributed by atoms with Crippen LogP contribution in [0.1, 0.15) is 18.0 Å². The van der Waals surface area contributed by atoms with Crippen molar-refractivity contribution >= 4 is 11.6 Å². The third kappa shape index (κ3) is 3.20. The van der Waals surface area contributed by atoms with Gasteiger partial charge in [-0.05, 0) is 24.1 Å². The van der Waals surface area contributed by atoms with Gasteiger partial charge in [-0.1, -0.05) is 17.7 Å². The van der Waals surface area contributed by atoms with E-state index in [9.17, 15) is 9.50 Å². The first-order chi connectivity index (χ1) is 8.72. The number of piperazine rings is 1. The van der Waals surface area contributed by atoms with E-state index in [1.165, 1.54) is 6.07 Å². The van der Waals surface area contributed by atoms with Crippen LogP contribution in [0.4, 0.5) is 4.39 Å². The van der Waals surface area contributed by atoms with Gasteiger partial charge in [0, 0.05) is 38.8 Å². The van der Waals surface area contributed by atoms with Gasteiger partial charge in [-0.15, -0.1) is 0 Å². The van der Waals surface area contributed by atoms with Crippen LogP contribution < -0.4 is 5.32 Å². The second-order valence-electron chi connectivity index (χ2n) is 4.49. The lowest BCUT2D eigenvalue weighted by atomic mass is 10.0. The minimum absolute atomic E-state index is 0.107. The van der Waals surface area contributed by atoms with Crippen LogP contribution in [0.2, 0.25) is 5.02 Å². The van der Waals surface area contributed by atoms with Gasteiger partial charge in [0.1, 0.15) is 5.82 Å². The molecule has 2 N–H and O–H groups in total. The molecule has 1 saturated heterocycles. The summed E-state index contributed by atoms with van der Waals surface area (Å²) in [4.78, 5) is 2.30. The molecular weight excluding hydrogens is 255 g/mol. The third-order valence-electron chi connectivity index (χ3n) is 3.32. The van der Waals surface area contributed by atoms with E-state index in [0.717, 1.165) is 31.7 Å². The molecule has 1 fully saturated rings. The second kappa shape index (κ2) is 6.48. The summed E-state index contributed by atoms with van der Waals surface area (Å²) < 4.78 is 13.2. The topological polar surface area (TPSA) is 35.5 Å². The van der Waals surface area contributed by atoms with Crippen molar-refractivity contribution in [2.24, 2.45) is 0 Å². The molecular formula is C13H18ClFN2O. The number of aliphatic hydroxyl groups excluding tert-OH is 1. The Balaban J connectivity index is 2.19. The van der Waals surface area contributed by atoms with Crippen molar-refractivity contribution in [2.45, 2.75) is 12.5 Å². The Hall–Kier alpha value is -0.680. The van der Waals surface area contributed by atoms with Crippen molar-refractivity contribution < 1.29 is 9.50 Å². The van der Waals surface area contributed by atoms with Crippen LogP contribution in [0.5, 0.6) is 0 Å². The molecule has 0 amide bonds. The van der Waals surface area contributed by atoms with Crippen LogP contribution in [0.15, 0.2) is 18.2 Å². The van der Waals surface area contributed by atoms with Crippen molar-refractivity contribution in [3.05, 3.63) is 34.6 Å². The molecule has 100 valence electrons. The Bertz CT molecular complexity index is 397. The Morgan fingerprint density at radius 1 is 1.39 bits per heavy atom. The number of aliphatic hydroxyl groups is 1. The minimum Gasteiger partial charge on any atom is -0.396 e. The Morgan fingerprint density at radius 2 is 2.11 bits per heavy atom. The summed E-state index contributed by atoms with van der Waals surface area (Å²) >= 11 is 5.83. The van der Waals surface area contributed by atoms with E-state index in [1.54, 1.807) is 12.1 Å². The van der Waals surface area contributed by atoms with Crippen LogP contribution in [-0.2, 0) is 0 Å². The van der Waals surface area contributed by atoms with E-state index < -0.39 is 5.82 Å². The zero-order chi connectivity index (χ0) is 13.0. The van der Waals surface area contributed by atoms with E-state index in [2.05, 4.69) is 10.2 Å². The van der Waals surface area contributed by atoms with Crippen LogP contribution in [0.25, 0.3) is 0 Å². The highest BCUT2D eigenvalue weighted by molar-refractivity contribution is 6.30. The largest absolute Gasteiger partial charge is 0.396 e. The fourth-order valence-electron chi connectivity index (χ4n) is 2.40. The highest BCUT2D eigenvalue weighted by Gasteiger charge is 2.22. The highest BCUT2D eigenvalue weighted by atomic mass is 35.5. The summed E-state index contributed by atoms with van der Waals surface area (Å²) in [6, 6.07) is 4.92. The van der Waals surface area contributed by atoms with Crippen LogP contribution in [0.3, 0.4) is 0 Å².